The quantitative estimate of drug-likeness (QED) is 0.751. The van der Waals surface area contributed by atoms with E-state index in [2.05, 4.69) is 13.8 Å². The van der Waals surface area contributed by atoms with E-state index in [1.54, 1.807) is 6.26 Å². The minimum Gasteiger partial charge on any atom is -0.468 e. The number of hydrogen-bond donors (Lipinski definition) is 0. The molecule has 0 radical (unpaired) electrons. The molecule has 0 amide bonds. The van der Waals surface area contributed by atoms with Crippen molar-refractivity contribution < 1.29 is 9.21 Å². The predicted octanol–water partition coefficient (Wildman–Crippen LogP) is 4.10. The monoisotopic (exact) mass is 240 g/mol. The lowest BCUT2D eigenvalue weighted by Gasteiger charge is -2.27. The molecule has 0 saturated heterocycles. The molecule has 1 aromatic carbocycles. The average molecular weight is 240 g/mol. The second kappa shape index (κ2) is 3.84. The van der Waals surface area contributed by atoms with E-state index < -0.39 is 0 Å². The van der Waals surface area contributed by atoms with Crippen LogP contribution in [0, 0.1) is 5.41 Å². The Balaban J connectivity index is 2.12. The van der Waals surface area contributed by atoms with Gasteiger partial charge in [-0.15, -0.1) is 0 Å². The molecule has 1 heterocycles. The first-order chi connectivity index (χ1) is 8.57. The average Bonchev–Trinajstić information content (AvgIpc) is 2.72. The van der Waals surface area contributed by atoms with E-state index in [1.807, 2.05) is 30.3 Å². The standard InChI is InChI=1S/C16H16O2/c1-16(2)8-13(17)15-12(10-18-14(15)9-16)11-6-4-3-5-7-11/h3-7,10H,8-9H2,1-2H3. The highest BCUT2D eigenvalue weighted by Gasteiger charge is 2.35. The molecule has 1 aliphatic carbocycles. The van der Waals surface area contributed by atoms with Crippen LogP contribution in [0.2, 0.25) is 0 Å². The van der Waals surface area contributed by atoms with E-state index in [0.717, 1.165) is 28.9 Å². The van der Waals surface area contributed by atoms with E-state index in [4.69, 9.17) is 4.42 Å². The molecule has 0 spiro atoms. The Morgan fingerprint density at radius 3 is 2.56 bits per heavy atom. The van der Waals surface area contributed by atoms with Gasteiger partial charge in [0.15, 0.2) is 5.78 Å². The fourth-order valence-electron chi connectivity index (χ4n) is 2.68. The molecule has 3 rings (SSSR count). The van der Waals surface area contributed by atoms with Crippen molar-refractivity contribution in [2.75, 3.05) is 0 Å². The molecule has 0 N–H and O–H groups in total. The number of hydrogen-bond acceptors (Lipinski definition) is 2. The molecule has 2 aromatic rings. The lowest BCUT2D eigenvalue weighted by Crippen LogP contribution is -2.26. The normalized spacial score (nSPS) is 17.6. The zero-order valence-corrected chi connectivity index (χ0v) is 10.7. The molecular weight excluding hydrogens is 224 g/mol. The molecule has 2 nitrogen and oxygen atoms in total. The summed E-state index contributed by atoms with van der Waals surface area (Å²) in [6.07, 6.45) is 3.15. The van der Waals surface area contributed by atoms with E-state index in [1.165, 1.54) is 0 Å². The van der Waals surface area contributed by atoms with Gasteiger partial charge in [0.25, 0.3) is 0 Å². The molecule has 0 saturated carbocycles. The second-order valence-electron chi connectivity index (χ2n) is 5.75. The largest absolute Gasteiger partial charge is 0.468 e. The van der Waals surface area contributed by atoms with Gasteiger partial charge < -0.3 is 4.42 Å². The number of ketones is 1. The van der Waals surface area contributed by atoms with Crippen LogP contribution in [-0.4, -0.2) is 5.78 Å². The van der Waals surface area contributed by atoms with Crippen LogP contribution in [0.5, 0.6) is 0 Å². The lowest BCUT2D eigenvalue weighted by atomic mass is 9.75. The van der Waals surface area contributed by atoms with E-state index in [0.29, 0.717) is 6.42 Å². The summed E-state index contributed by atoms with van der Waals surface area (Å²) < 4.78 is 5.63. The van der Waals surface area contributed by atoms with Gasteiger partial charge >= 0.3 is 0 Å². The lowest BCUT2D eigenvalue weighted by molar-refractivity contribution is 0.0904. The summed E-state index contributed by atoms with van der Waals surface area (Å²) in [4.78, 5) is 12.3. The fraction of sp³-hybridized carbons (Fsp3) is 0.312. The smallest absolute Gasteiger partial charge is 0.167 e. The van der Waals surface area contributed by atoms with Crippen molar-refractivity contribution in [3.05, 3.63) is 47.9 Å². The summed E-state index contributed by atoms with van der Waals surface area (Å²) in [5, 5.41) is 0. The Labute approximate surface area is 107 Å². The molecule has 1 aliphatic rings. The Morgan fingerprint density at radius 1 is 1.11 bits per heavy atom. The molecule has 2 heteroatoms. The highest BCUT2D eigenvalue weighted by molar-refractivity contribution is 6.04. The van der Waals surface area contributed by atoms with Crippen molar-refractivity contribution in [3.63, 3.8) is 0 Å². The summed E-state index contributed by atoms with van der Waals surface area (Å²) in [6, 6.07) is 9.95. The minimum absolute atomic E-state index is 0.00982. The summed E-state index contributed by atoms with van der Waals surface area (Å²) in [7, 11) is 0. The maximum Gasteiger partial charge on any atom is 0.167 e. The van der Waals surface area contributed by atoms with Crippen LogP contribution in [0.15, 0.2) is 41.0 Å². The molecule has 0 bridgehead atoms. The van der Waals surface area contributed by atoms with Crippen LogP contribution in [0.25, 0.3) is 11.1 Å². The maximum absolute atomic E-state index is 12.3. The van der Waals surface area contributed by atoms with Gasteiger partial charge in [0.1, 0.15) is 5.76 Å². The number of carbonyl (C=O) groups excluding carboxylic acids is 1. The van der Waals surface area contributed by atoms with E-state index in [-0.39, 0.29) is 11.2 Å². The Hall–Kier alpha value is -1.83. The summed E-state index contributed by atoms with van der Waals surface area (Å²) in [5.74, 6) is 1.05. The predicted molar refractivity (Wildman–Crippen MR) is 70.6 cm³/mol. The van der Waals surface area contributed by atoms with Gasteiger partial charge in [-0.25, -0.2) is 0 Å². The van der Waals surface area contributed by atoms with E-state index in [9.17, 15) is 4.79 Å². The first-order valence-corrected chi connectivity index (χ1v) is 6.26. The van der Waals surface area contributed by atoms with Gasteiger partial charge in [0.2, 0.25) is 0 Å². The van der Waals surface area contributed by atoms with E-state index >= 15 is 0 Å². The third-order valence-corrected chi connectivity index (χ3v) is 3.51. The first kappa shape index (κ1) is 11.3. The van der Waals surface area contributed by atoms with Crippen molar-refractivity contribution in [2.45, 2.75) is 26.7 Å². The molecule has 0 aliphatic heterocycles. The van der Waals surface area contributed by atoms with Crippen molar-refractivity contribution in [3.8, 4) is 11.1 Å². The van der Waals surface area contributed by atoms with Crippen molar-refractivity contribution in [1.82, 2.24) is 0 Å². The van der Waals surface area contributed by atoms with Gasteiger partial charge in [-0.05, 0) is 11.0 Å². The van der Waals surface area contributed by atoms with Gasteiger partial charge in [-0.2, -0.15) is 0 Å². The zero-order chi connectivity index (χ0) is 12.8. The summed E-state index contributed by atoms with van der Waals surface area (Å²) in [5.41, 5.74) is 2.79. The van der Waals surface area contributed by atoms with Crippen LogP contribution in [-0.2, 0) is 6.42 Å². The van der Waals surface area contributed by atoms with Crippen molar-refractivity contribution in [1.29, 1.82) is 0 Å². The van der Waals surface area contributed by atoms with Crippen LogP contribution < -0.4 is 0 Å². The minimum atomic E-state index is 0.00982. The molecular formula is C16H16O2. The maximum atomic E-state index is 12.3. The SMILES string of the molecule is CC1(C)CC(=O)c2c(-c3ccccc3)coc2C1. The van der Waals surface area contributed by atoms with Gasteiger partial charge in [-0.1, -0.05) is 44.2 Å². The van der Waals surface area contributed by atoms with Gasteiger partial charge in [0, 0.05) is 18.4 Å². The molecule has 0 unspecified atom stereocenters. The topological polar surface area (TPSA) is 30.2 Å². The first-order valence-electron chi connectivity index (χ1n) is 6.26. The Kier molecular flexibility index (Phi) is 2.40. The fourth-order valence-corrected chi connectivity index (χ4v) is 2.68. The zero-order valence-electron chi connectivity index (χ0n) is 10.7. The highest BCUT2D eigenvalue weighted by atomic mass is 16.3. The number of furan rings is 1. The van der Waals surface area contributed by atoms with Crippen LogP contribution in [0.1, 0.15) is 36.4 Å². The van der Waals surface area contributed by atoms with Crippen LogP contribution in [0.3, 0.4) is 0 Å². The number of fused-ring (bicyclic) bond motifs is 1. The molecule has 92 valence electrons. The van der Waals surface area contributed by atoms with Gasteiger partial charge in [0.05, 0.1) is 11.8 Å². The van der Waals surface area contributed by atoms with Crippen LogP contribution in [0.4, 0.5) is 0 Å². The summed E-state index contributed by atoms with van der Waals surface area (Å²) >= 11 is 0. The third kappa shape index (κ3) is 1.78. The Morgan fingerprint density at radius 2 is 1.83 bits per heavy atom. The Bertz CT molecular complexity index is 591. The highest BCUT2D eigenvalue weighted by Crippen LogP contribution is 2.40. The van der Waals surface area contributed by atoms with Gasteiger partial charge in [-0.3, -0.25) is 4.79 Å². The van der Waals surface area contributed by atoms with Crippen molar-refractivity contribution in [2.24, 2.45) is 5.41 Å². The molecule has 0 fully saturated rings. The van der Waals surface area contributed by atoms with Crippen LogP contribution >= 0.6 is 0 Å². The molecule has 0 atom stereocenters. The number of carbonyl (C=O) groups is 1. The number of rotatable bonds is 1. The third-order valence-electron chi connectivity index (χ3n) is 3.51. The molecule has 18 heavy (non-hydrogen) atoms. The number of Topliss-reactive ketones (excluding diaryl/α,β-unsaturated/α-hetero) is 1. The summed E-state index contributed by atoms with van der Waals surface area (Å²) in [6.45, 7) is 4.22. The number of benzene rings is 1. The van der Waals surface area contributed by atoms with Crippen molar-refractivity contribution >= 4 is 5.78 Å². The molecule has 1 aromatic heterocycles. The second-order valence-corrected chi connectivity index (χ2v) is 5.75.